The molecule has 24 heavy (non-hydrogen) atoms. The quantitative estimate of drug-likeness (QED) is 0.667. The van der Waals surface area contributed by atoms with Crippen molar-refractivity contribution in [1.82, 2.24) is 10.6 Å². The smallest absolute Gasteiger partial charge is 0.239 e. The summed E-state index contributed by atoms with van der Waals surface area (Å²) in [6, 6.07) is 9.56. The van der Waals surface area contributed by atoms with Gasteiger partial charge in [0.1, 0.15) is 0 Å². The lowest BCUT2D eigenvalue weighted by atomic mass is 9.95. The molecule has 6 heteroatoms. The Hall–Kier alpha value is -1.59. The average Bonchev–Trinajstić information content (AvgIpc) is 2.50. The molecule has 4 N–H and O–H groups in total. The molecule has 0 heterocycles. The van der Waals surface area contributed by atoms with Gasteiger partial charge in [0.25, 0.3) is 0 Å². The molecule has 2 amide bonds. The van der Waals surface area contributed by atoms with Crippen molar-refractivity contribution in [2.45, 2.75) is 52.1 Å². The normalized spacial score (nSPS) is 12.2. The molecule has 136 valence electrons. The largest absolute Gasteiger partial charge is 0.350 e. The van der Waals surface area contributed by atoms with Crippen LogP contribution in [0.1, 0.15) is 39.7 Å². The summed E-state index contributed by atoms with van der Waals surface area (Å²) < 4.78 is 0. The third kappa shape index (κ3) is 8.31. The van der Waals surface area contributed by atoms with Crippen LogP contribution >= 0.6 is 12.4 Å². The lowest BCUT2D eigenvalue weighted by Gasteiger charge is -2.26. The zero-order valence-electron chi connectivity index (χ0n) is 15.0. The molecular formula is C18H30ClN3O2. The Morgan fingerprint density at radius 3 is 2.29 bits per heavy atom. The van der Waals surface area contributed by atoms with Crippen molar-refractivity contribution >= 4 is 24.2 Å². The van der Waals surface area contributed by atoms with E-state index in [1.54, 1.807) is 0 Å². The highest BCUT2D eigenvalue weighted by Gasteiger charge is 2.22. The van der Waals surface area contributed by atoms with Crippen LogP contribution in [-0.4, -0.2) is 29.9 Å². The summed E-state index contributed by atoms with van der Waals surface area (Å²) in [5.41, 5.74) is 6.65. The Kier molecular flexibility index (Phi) is 9.63. The molecule has 1 aromatic carbocycles. The fraction of sp³-hybridized carbons (Fsp3) is 0.556. The SMILES string of the molecule is CC(C)[C@H](N)C(=O)NCC(=O)NC(C)(C)CCc1ccccc1.Cl. The van der Waals surface area contributed by atoms with Crippen molar-refractivity contribution < 1.29 is 9.59 Å². The number of rotatable bonds is 8. The first kappa shape index (κ1) is 22.4. The Labute approximate surface area is 151 Å². The summed E-state index contributed by atoms with van der Waals surface area (Å²) in [6.45, 7) is 7.66. The second kappa shape index (κ2) is 10.3. The molecule has 0 aliphatic heterocycles. The summed E-state index contributed by atoms with van der Waals surface area (Å²) >= 11 is 0. The molecule has 1 rings (SSSR count). The molecule has 0 unspecified atom stereocenters. The number of halogens is 1. The van der Waals surface area contributed by atoms with Gasteiger partial charge < -0.3 is 16.4 Å². The summed E-state index contributed by atoms with van der Waals surface area (Å²) in [6.07, 6.45) is 1.71. The molecule has 0 bridgehead atoms. The highest BCUT2D eigenvalue weighted by molar-refractivity contribution is 5.87. The molecule has 1 atom stereocenters. The van der Waals surface area contributed by atoms with Crippen molar-refractivity contribution in [1.29, 1.82) is 0 Å². The number of benzene rings is 1. The van der Waals surface area contributed by atoms with E-state index >= 15 is 0 Å². The minimum absolute atomic E-state index is 0. The lowest BCUT2D eigenvalue weighted by molar-refractivity contribution is -0.128. The van der Waals surface area contributed by atoms with Crippen LogP contribution in [0.2, 0.25) is 0 Å². The fourth-order valence-electron chi connectivity index (χ4n) is 2.17. The highest BCUT2D eigenvalue weighted by Crippen LogP contribution is 2.13. The predicted octanol–water partition coefficient (Wildman–Crippen LogP) is 2.04. The lowest BCUT2D eigenvalue weighted by Crippen LogP contribution is -2.51. The number of aryl methyl sites for hydroxylation is 1. The van der Waals surface area contributed by atoms with Gasteiger partial charge in [0, 0.05) is 5.54 Å². The van der Waals surface area contributed by atoms with Gasteiger partial charge in [-0.1, -0.05) is 44.2 Å². The van der Waals surface area contributed by atoms with Gasteiger partial charge in [0.2, 0.25) is 11.8 Å². The third-order valence-corrected chi connectivity index (χ3v) is 3.80. The molecule has 0 aromatic heterocycles. The maximum Gasteiger partial charge on any atom is 0.239 e. The molecular weight excluding hydrogens is 326 g/mol. The van der Waals surface area contributed by atoms with E-state index in [1.807, 2.05) is 45.9 Å². The van der Waals surface area contributed by atoms with Crippen LogP contribution in [0.4, 0.5) is 0 Å². The van der Waals surface area contributed by atoms with E-state index in [4.69, 9.17) is 5.73 Å². The number of hydrogen-bond acceptors (Lipinski definition) is 3. The van der Waals surface area contributed by atoms with Crippen molar-refractivity contribution in [2.24, 2.45) is 11.7 Å². The summed E-state index contributed by atoms with van der Waals surface area (Å²) in [5.74, 6) is -0.454. The van der Waals surface area contributed by atoms with Crippen molar-refractivity contribution in [3.05, 3.63) is 35.9 Å². The average molecular weight is 356 g/mol. The van der Waals surface area contributed by atoms with Crippen LogP contribution in [-0.2, 0) is 16.0 Å². The first-order chi connectivity index (χ1) is 10.7. The number of carbonyl (C=O) groups is 2. The van der Waals surface area contributed by atoms with E-state index in [0.29, 0.717) is 0 Å². The van der Waals surface area contributed by atoms with Gasteiger partial charge in [-0.3, -0.25) is 9.59 Å². The van der Waals surface area contributed by atoms with E-state index in [0.717, 1.165) is 12.8 Å². The van der Waals surface area contributed by atoms with Crippen molar-refractivity contribution in [2.75, 3.05) is 6.54 Å². The van der Waals surface area contributed by atoms with Crippen LogP contribution in [0.25, 0.3) is 0 Å². The minimum atomic E-state index is -0.589. The van der Waals surface area contributed by atoms with Gasteiger partial charge in [-0.05, 0) is 38.2 Å². The number of carbonyl (C=O) groups excluding carboxylic acids is 2. The van der Waals surface area contributed by atoms with E-state index < -0.39 is 6.04 Å². The Morgan fingerprint density at radius 1 is 1.17 bits per heavy atom. The van der Waals surface area contributed by atoms with Crippen LogP contribution < -0.4 is 16.4 Å². The van der Waals surface area contributed by atoms with Crippen LogP contribution in [0.15, 0.2) is 30.3 Å². The molecule has 5 nitrogen and oxygen atoms in total. The van der Waals surface area contributed by atoms with Crippen LogP contribution in [0.3, 0.4) is 0 Å². The first-order valence-corrected chi connectivity index (χ1v) is 8.09. The van der Waals surface area contributed by atoms with E-state index in [-0.39, 0.29) is 42.2 Å². The van der Waals surface area contributed by atoms with Crippen LogP contribution in [0, 0.1) is 5.92 Å². The van der Waals surface area contributed by atoms with Gasteiger partial charge in [-0.15, -0.1) is 12.4 Å². The second-order valence-electron chi connectivity index (χ2n) is 6.91. The Bertz CT molecular complexity index is 518. The molecule has 0 saturated carbocycles. The van der Waals surface area contributed by atoms with Crippen molar-refractivity contribution in [3.8, 4) is 0 Å². The summed E-state index contributed by atoms with van der Waals surface area (Å²) in [4.78, 5) is 23.7. The van der Waals surface area contributed by atoms with Gasteiger partial charge in [0.15, 0.2) is 0 Å². The molecule has 0 spiro atoms. The standard InChI is InChI=1S/C18H29N3O2.ClH/c1-13(2)16(19)17(23)20-12-15(22)21-18(3,4)11-10-14-8-6-5-7-9-14;/h5-9,13,16H,10-12,19H2,1-4H3,(H,20,23)(H,21,22);1H/t16-;/m0./s1. The molecule has 0 fully saturated rings. The Morgan fingerprint density at radius 2 is 1.75 bits per heavy atom. The van der Waals surface area contributed by atoms with E-state index in [9.17, 15) is 9.59 Å². The van der Waals surface area contributed by atoms with E-state index in [1.165, 1.54) is 5.56 Å². The zero-order chi connectivity index (χ0) is 17.5. The number of nitrogens with two attached hydrogens (primary N) is 1. The van der Waals surface area contributed by atoms with Gasteiger partial charge in [-0.2, -0.15) is 0 Å². The molecule has 0 saturated heterocycles. The molecule has 0 aliphatic rings. The first-order valence-electron chi connectivity index (χ1n) is 8.09. The summed E-state index contributed by atoms with van der Waals surface area (Å²) in [7, 11) is 0. The maximum absolute atomic E-state index is 12.0. The molecule has 1 aromatic rings. The molecule has 0 radical (unpaired) electrons. The van der Waals surface area contributed by atoms with Gasteiger partial charge in [0.05, 0.1) is 12.6 Å². The van der Waals surface area contributed by atoms with Crippen LogP contribution in [0.5, 0.6) is 0 Å². The highest BCUT2D eigenvalue weighted by atomic mass is 35.5. The summed E-state index contributed by atoms with van der Waals surface area (Å²) in [5, 5.41) is 5.54. The minimum Gasteiger partial charge on any atom is -0.350 e. The van der Waals surface area contributed by atoms with E-state index in [2.05, 4.69) is 22.8 Å². The molecule has 0 aliphatic carbocycles. The monoisotopic (exact) mass is 355 g/mol. The Balaban J connectivity index is 0.00000529. The number of amides is 2. The third-order valence-electron chi connectivity index (χ3n) is 3.80. The number of hydrogen-bond donors (Lipinski definition) is 3. The fourth-order valence-corrected chi connectivity index (χ4v) is 2.17. The zero-order valence-corrected chi connectivity index (χ0v) is 15.8. The topological polar surface area (TPSA) is 84.2 Å². The van der Waals surface area contributed by atoms with Crippen molar-refractivity contribution in [3.63, 3.8) is 0 Å². The second-order valence-corrected chi connectivity index (χ2v) is 6.91. The van der Waals surface area contributed by atoms with Gasteiger partial charge in [-0.25, -0.2) is 0 Å². The number of nitrogens with one attached hydrogen (secondary N) is 2. The maximum atomic E-state index is 12.0. The predicted molar refractivity (Wildman–Crippen MR) is 100 cm³/mol. The van der Waals surface area contributed by atoms with Gasteiger partial charge >= 0.3 is 0 Å².